The van der Waals surface area contributed by atoms with Gasteiger partial charge in [-0.1, -0.05) is 0 Å². The van der Waals surface area contributed by atoms with Crippen LogP contribution in [0.1, 0.15) is 23.0 Å². The van der Waals surface area contributed by atoms with Crippen molar-refractivity contribution in [1.29, 1.82) is 0 Å². The molecule has 2 aromatic heterocycles. The van der Waals surface area contributed by atoms with Gasteiger partial charge in [-0.05, 0) is 63.3 Å². The normalized spacial score (nSPS) is 12.9. The maximum atomic E-state index is 9.93. The zero-order valence-electron chi connectivity index (χ0n) is 8.02. The highest BCUT2D eigenvalue weighted by Crippen LogP contribution is 2.29. The Kier molecular flexibility index (Phi) is 3.97. The molecule has 1 atom stereocenters. The van der Waals surface area contributed by atoms with Gasteiger partial charge in [0.2, 0.25) is 0 Å². The van der Waals surface area contributed by atoms with E-state index in [1.807, 2.05) is 12.1 Å². The highest BCUT2D eigenvalue weighted by molar-refractivity contribution is 9.11. The van der Waals surface area contributed by atoms with Crippen LogP contribution >= 0.6 is 38.6 Å². The van der Waals surface area contributed by atoms with E-state index in [9.17, 15) is 5.11 Å². The zero-order chi connectivity index (χ0) is 10.7. The first-order valence-corrected chi connectivity index (χ1v) is 7.25. The maximum Gasteiger partial charge on any atom is 0.0885 e. The van der Waals surface area contributed by atoms with Gasteiger partial charge < -0.3 is 5.11 Å². The molecular weight excluding hydrogens is 292 g/mol. The number of hydrogen-bond acceptors (Lipinski definition) is 3. The van der Waals surface area contributed by atoms with Crippen molar-refractivity contribution >= 4 is 38.6 Å². The van der Waals surface area contributed by atoms with E-state index in [-0.39, 0.29) is 6.10 Å². The van der Waals surface area contributed by atoms with Gasteiger partial charge in [0.15, 0.2) is 0 Å². The van der Waals surface area contributed by atoms with E-state index in [0.29, 0.717) is 0 Å². The first-order chi connectivity index (χ1) is 7.25. The van der Waals surface area contributed by atoms with Gasteiger partial charge in [0.25, 0.3) is 0 Å². The van der Waals surface area contributed by atoms with Gasteiger partial charge in [-0.2, -0.15) is 11.3 Å². The van der Waals surface area contributed by atoms with Gasteiger partial charge in [-0.3, -0.25) is 0 Å². The molecule has 0 amide bonds. The summed E-state index contributed by atoms with van der Waals surface area (Å²) in [6.07, 6.45) is 1.41. The van der Waals surface area contributed by atoms with E-state index in [1.165, 1.54) is 5.56 Å². The number of thiophene rings is 2. The number of aryl methyl sites for hydroxylation is 1. The van der Waals surface area contributed by atoms with Crippen LogP contribution < -0.4 is 0 Å². The predicted octanol–water partition coefficient (Wildman–Crippen LogP) is 4.24. The SMILES string of the molecule is OC(CCc1ccsc1)c1ccc(Br)s1. The number of aliphatic hydroxyl groups is 1. The van der Waals surface area contributed by atoms with Crippen molar-refractivity contribution in [3.63, 3.8) is 0 Å². The van der Waals surface area contributed by atoms with Crippen LogP contribution in [0, 0.1) is 0 Å². The Morgan fingerprint density at radius 3 is 2.80 bits per heavy atom. The second-order valence-electron chi connectivity index (χ2n) is 3.33. The van der Waals surface area contributed by atoms with E-state index in [4.69, 9.17) is 0 Å². The summed E-state index contributed by atoms with van der Waals surface area (Å²) in [5, 5.41) is 14.1. The Balaban J connectivity index is 1.90. The van der Waals surface area contributed by atoms with Gasteiger partial charge in [-0.15, -0.1) is 11.3 Å². The molecule has 0 fully saturated rings. The molecular formula is C11H11BrOS2. The van der Waals surface area contributed by atoms with Crippen LogP contribution in [-0.4, -0.2) is 5.11 Å². The second-order valence-corrected chi connectivity index (χ2v) is 6.60. The average molecular weight is 303 g/mol. The maximum absolute atomic E-state index is 9.93. The van der Waals surface area contributed by atoms with Crippen molar-refractivity contribution in [3.8, 4) is 0 Å². The van der Waals surface area contributed by atoms with Crippen LogP contribution in [-0.2, 0) is 6.42 Å². The van der Waals surface area contributed by atoms with Crippen molar-refractivity contribution < 1.29 is 5.11 Å². The number of hydrogen-bond donors (Lipinski definition) is 1. The van der Waals surface area contributed by atoms with Crippen molar-refractivity contribution in [2.45, 2.75) is 18.9 Å². The number of aliphatic hydroxyl groups excluding tert-OH is 1. The van der Waals surface area contributed by atoms with Crippen LogP contribution in [0.15, 0.2) is 32.7 Å². The summed E-state index contributed by atoms with van der Waals surface area (Å²) >= 11 is 6.71. The van der Waals surface area contributed by atoms with E-state index < -0.39 is 0 Å². The smallest absolute Gasteiger partial charge is 0.0885 e. The summed E-state index contributed by atoms with van der Waals surface area (Å²) in [5.74, 6) is 0. The van der Waals surface area contributed by atoms with Crippen molar-refractivity contribution in [3.05, 3.63) is 43.2 Å². The molecule has 0 aliphatic heterocycles. The van der Waals surface area contributed by atoms with Crippen LogP contribution in [0.25, 0.3) is 0 Å². The van der Waals surface area contributed by atoms with Gasteiger partial charge in [0.1, 0.15) is 0 Å². The number of halogens is 1. The molecule has 0 aliphatic rings. The molecule has 4 heteroatoms. The number of rotatable bonds is 4. The third kappa shape index (κ3) is 3.14. The van der Waals surface area contributed by atoms with E-state index in [2.05, 4.69) is 32.8 Å². The summed E-state index contributed by atoms with van der Waals surface area (Å²) in [4.78, 5) is 1.04. The largest absolute Gasteiger partial charge is 0.388 e. The fourth-order valence-corrected chi connectivity index (χ4v) is 3.54. The zero-order valence-corrected chi connectivity index (χ0v) is 11.2. The molecule has 0 saturated heterocycles. The minimum atomic E-state index is -0.332. The average Bonchev–Trinajstić information content (AvgIpc) is 2.84. The highest BCUT2D eigenvalue weighted by Gasteiger charge is 2.10. The highest BCUT2D eigenvalue weighted by atomic mass is 79.9. The molecule has 1 unspecified atom stereocenters. The Hall–Kier alpha value is -0.160. The second kappa shape index (κ2) is 5.25. The molecule has 2 heterocycles. The molecule has 0 bridgehead atoms. The summed E-state index contributed by atoms with van der Waals surface area (Å²) in [6.45, 7) is 0. The molecule has 2 rings (SSSR count). The molecule has 15 heavy (non-hydrogen) atoms. The lowest BCUT2D eigenvalue weighted by molar-refractivity contribution is 0.171. The lowest BCUT2D eigenvalue weighted by Crippen LogP contribution is -1.96. The Morgan fingerprint density at radius 2 is 2.20 bits per heavy atom. The van der Waals surface area contributed by atoms with E-state index in [1.54, 1.807) is 22.7 Å². The topological polar surface area (TPSA) is 20.2 Å². The molecule has 2 aromatic rings. The predicted molar refractivity (Wildman–Crippen MR) is 69.6 cm³/mol. The van der Waals surface area contributed by atoms with E-state index >= 15 is 0 Å². The standard InChI is InChI=1S/C11H11BrOS2/c12-11-4-3-10(15-11)9(13)2-1-8-5-6-14-7-8/h3-7,9,13H,1-2H2. The minimum absolute atomic E-state index is 0.332. The summed E-state index contributed by atoms with van der Waals surface area (Å²) in [7, 11) is 0. The summed E-state index contributed by atoms with van der Waals surface area (Å²) < 4.78 is 1.08. The van der Waals surface area contributed by atoms with Gasteiger partial charge in [-0.25, -0.2) is 0 Å². The molecule has 0 radical (unpaired) electrons. The molecule has 1 N–H and O–H groups in total. The lowest BCUT2D eigenvalue weighted by Gasteiger charge is -2.06. The van der Waals surface area contributed by atoms with Gasteiger partial charge in [0, 0.05) is 4.88 Å². The fourth-order valence-electron chi connectivity index (χ4n) is 1.39. The van der Waals surface area contributed by atoms with Crippen LogP contribution in [0.5, 0.6) is 0 Å². The molecule has 0 aromatic carbocycles. The molecule has 80 valence electrons. The molecule has 0 aliphatic carbocycles. The quantitative estimate of drug-likeness (QED) is 0.896. The van der Waals surface area contributed by atoms with Crippen molar-refractivity contribution in [1.82, 2.24) is 0 Å². The molecule has 0 saturated carbocycles. The van der Waals surface area contributed by atoms with Crippen molar-refractivity contribution in [2.24, 2.45) is 0 Å². The van der Waals surface area contributed by atoms with E-state index in [0.717, 1.165) is 21.5 Å². The Bertz CT molecular complexity index is 408. The van der Waals surface area contributed by atoms with Gasteiger partial charge >= 0.3 is 0 Å². The van der Waals surface area contributed by atoms with Crippen LogP contribution in [0.4, 0.5) is 0 Å². The van der Waals surface area contributed by atoms with Crippen molar-refractivity contribution in [2.75, 3.05) is 0 Å². The Morgan fingerprint density at radius 1 is 1.33 bits per heavy atom. The van der Waals surface area contributed by atoms with Crippen LogP contribution in [0.2, 0.25) is 0 Å². The first-order valence-electron chi connectivity index (χ1n) is 4.70. The monoisotopic (exact) mass is 302 g/mol. The third-order valence-corrected chi connectivity index (χ3v) is 4.67. The fraction of sp³-hybridized carbons (Fsp3) is 0.273. The Labute approximate surface area is 106 Å². The third-order valence-electron chi connectivity index (χ3n) is 2.21. The summed E-state index contributed by atoms with van der Waals surface area (Å²) in [6, 6.07) is 6.07. The minimum Gasteiger partial charge on any atom is -0.388 e. The van der Waals surface area contributed by atoms with Gasteiger partial charge in [0.05, 0.1) is 9.89 Å². The molecule has 0 spiro atoms. The molecule has 1 nitrogen and oxygen atoms in total. The first kappa shape index (κ1) is 11.3. The lowest BCUT2D eigenvalue weighted by atomic mass is 10.1. The van der Waals surface area contributed by atoms with Crippen LogP contribution in [0.3, 0.4) is 0 Å². The summed E-state index contributed by atoms with van der Waals surface area (Å²) in [5.41, 5.74) is 1.31.